The SMILES string of the molecule is CC(OCCC1CCC1)C(=O)Nc1c(Cl)cc(N)cc1Cl. The van der Waals surface area contributed by atoms with E-state index in [2.05, 4.69) is 5.32 Å². The van der Waals surface area contributed by atoms with Crippen molar-refractivity contribution in [2.24, 2.45) is 5.92 Å². The van der Waals surface area contributed by atoms with Gasteiger partial charge in [0.1, 0.15) is 6.10 Å². The first-order valence-corrected chi connectivity index (χ1v) is 7.90. The Bertz CT molecular complexity index is 495. The molecule has 1 saturated carbocycles. The maximum atomic E-state index is 12.1. The lowest BCUT2D eigenvalue weighted by Gasteiger charge is -2.25. The highest BCUT2D eigenvalue weighted by molar-refractivity contribution is 6.40. The first-order chi connectivity index (χ1) is 9.97. The van der Waals surface area contributed by atoms with E-state index in [0.717, 1.165) is 12.3 Å². The summed E-state index contributed by atoms with van der Waals surface area (Å²) < 4.78 is 5.56. The van der Waals surface area contributed by atoms with E-state index in [9.17, 15) is 4.79 Å². The molecule has 6 heteroatoms. The third-order valence-corrected chi connectivity index (χ3v) is 4.40. The van der Waals surface area contributed by atoms with Crippen molar-refractivity contribution < 1.29 is 9.53 Å². The summed E-state index contributed by atoms with van der Waals surface area (Å²) in [6, 6.07) is 3.09. The molecule has 21 heavy (non-hydrogen) atoms. The van der Waals surface area contributed by atoms with Gasteiger partial charge in [-0.2, -0.15) is 0 Å². The summed E-state index contributed by atoms with van der Waals surface area (Å²) in [4.78, 5) is 12.1. The lowest BCUT2D eigenvalue weighted by molar-refractivity contribution is -0.126. The molecule has 0 aromatic heterocycles. The van der Waals surface area contributed by atoms with Crippen LogP contribution < -0.4 is 11.1 Å². The zero-order valence-corrected chi connectivity index (χ0v) is 13.5. The smallest absolute Gasteiger partial charge is 0.253 e. The quantitative estimate of drug-likeness (QED) is 0.771. The molecule has 1 fully saturated rings. The fourth-order valence-corrected chi connectivity index (χ4v) is 2.80. The third-order valence-electron chi connectivity index (χ3n) is 3.80. The standard InChI is InChI=1S/C15H20Cl2N2O2/c1-9(21-6-5-10-3-2-4-10)15(20)19-14-12(16)7-11(18)8-13(14)17/h7-10H,2-6,18H2,1H3,(H,19,20). The molecule has 1 aliphatic rings. The average molecular weight is 331 g/mol. The molecule has 4 nitrogen and oxygen atoms in total. The van der Waals surface area contributed by atoms with E-state index in [0.29, 0.717) is 28.0 Å². The van der Waals surface area contributed by atoms with Crippen molar-refractivity contribution in [2.45, 2.75) is 38.7 Å². The van der Waals surface area contributed by atoms with Crippen LogP contribution in [0.5, 0.6) is 0 Å². The van der Waals surface area contributed by atoms with Crippen molar-refractivity contribution in [2.75, 3.05) is 17.7 Å². The Morgan fingerprint density at radius 3 is 2.57 bits per heavy atom. The van der Waals surface area contributed by atoms with Crippen LogP contribution in [-0.4, -0.2) is 18.6 Å². The van der Waals surface area contributed by atoms with Gasteiger partial charge in [-0.15, -0.1) is 0 Å². The fourth-order valence-electron chi connectivity index (χ4n) is 2.21. The number of benzene rings is 1. The summed E-state index contributed by atoms with van der Waals surface area (Å²) in [5.74, 6) is 0.499. The number of hydrogen-bond donors (Lipinski definition) is 2. The molecule has 2 rings (SSSR count). The Labute approximate surface area is 134 Å². The average Bonchev–Trinajstić information content (AvgIpc) is 2.36. The number of nitrogens with two attached hydrogens (primary N) is 1. The molecule has 3 N–H and O–H groups in total. The van der Waals surface area contributed by atoms with Crippen LogP contribution in [0.25, 0.3) is 0 Å². The molecule has 0 radical (unpaired) electrons. The Hall–Kier alpha value is -0.970. The predicted molar refractivity (Wildman–Crippen MR) is 86.9 cm³/mol. The highest BCUT2D eigenvalue weighted by atomic mass is 35.5. The Kier molecular flexibility index (Phi) is 5.73. The van der Waals surface area contributed by atoms with Gasteiger partial charge in [-0.05, 0) is 31.4 Å². The summed E-state index contributed by atoms with van der Waals surface area (Å²) >= 11 is 12.1. The van der Waals surface area contributed by atoms with E-state index < -0.39 is 6.10 Å². The second-order valence-electron chi connectivity index (χ2n) is 5.45. The molecule has 0 bridgehead atoms. The van der Waals surface area contributed by atoms with Crippen LogP contribution in [0, 0.1) is 5.92 Å². The molecule has 1 unspecified atom stereocenters. The van der Waals surface area contributed by atoms with Crippen LogP contribution in [0.1, 0.15) is 32.6 Å². The molecular formula is C15H20Cl2N2O2. The molecule has 0 heterocycles. The Morgan fingerprint density at radius 2 is 2.05 bits per heavy atom. The number of carbonyl (C=O) groups excluding carboxylic acids is 1. The number of ether oxygens (including phenoxy) is 1. The normalized spacial score (nSPS) is 16.3. The maximum absolute atomic E-state index is 12.1. The van der Waals surface area contributed by atoms with Gasteiger partial charge in [0.05, 0.1) is 15.7 Å². The van der Waals surface area contributed by atoms with Crippen LogP contribution in [0.2, 0.25) is 10.0 Å². The number of hydrogen-bond acceptors (Lipinski definition) is 3. The Balaban J connectivity index is 1.85. The zero-order chi connectivity index (χ0) is 15.4. The fraction of sp³-hybridized carbons (Fsp3) is 0.533. The van der Waals surface area contributed by atoms with Crippen molar-refractivity contribution in [1.29, 1.82) is 0 Å². The molecule has 1 aromatic rings. The number of halogens is 2. The van der Waals surface area contributed by atoms with Crippen LogP contribution in [0.15, 0.2) is 12.1 Å². The number of carbonyl (C=O) groups is 1. The van der Waals surface area contributed by atoms with E-state index in [1.165, 1.54) is 19.3 Å². The molecule has 0 spiro atoms. The summed E-state index contributed by atoms with van der Waals surface area (Å²) in [6.45, 7) is 2.32. The van der Waals surface area contributed by atoms with Gasteiger partial charge in [0, 0.05) is 12.3 Å². The second kappa shape index (κ2) is 7.34. The lowest BCUT2D eigenvalue weighted by atomic mass is 9.83. The summed E-state index contributed by atoms with van der Waals surface area (Å²) in [7, 11) is 0. The number of anilines is 2. The molecule has 1 aromatic carbocycles. The van der Waals surface area contributed by atoms with Gasteiger partial charge in [0.15, 0.2) is 0 Å². The molecular weight excluding hydrogens is 311 g/mol. The minimum Gasteiger partial charge on any atom is -0.399 e. The largest absolute Gasteiger partial charge is 0.399 e. The summed E-state index contributed by atoms with van der Waals surface area (Å²) in [5, 5.41) is 3.32. The van der Waals surface area contributed by atoms with Crippen molar-refractivity contribution in [1.82, 2.24) is 0 Å². The topological polar surface area (TPSA) is 64.3 Å². The van der Waals surface area contributed by atoms with Crippen molar-refractivity contribution in [3.63, 3.8) is 0 Å². The van der Waals surface area contributed by atoms with Crippen LogP contribution in [0.3, 0.4) is 0 Å². The van der Waals surface area contributed by atoms with Gasteiger partial charge in [-0.3, -0.25) is 4.79 Å². The van der Waals surface area contributed by atoms with Crippen LogP contribution >= 0.6 is 23.2 Å². The number of amides is 1. The maximum Gasteiger partial charge on any atom is 0.253 e. The third kappa shape index (κ3) is 4.50. The predicted octanol–water partition coefficient (Wildman–Crippen LogP) is 4.11. The van der Waals surface area contributed by atoms with Gasteiger partial charge >= 0.3 is 0 Å². The molecule has 0 saturated heterocycles. The van der Waals surface area contributed by atoms with E-state index >= 15 is 0 Å². The highest BCUT2D eigenvalue weighted by Crippen LogP contribution is 2.33. The number of rotatable bonds is 6. The van der Waals surface area contributed by atoms with E-state index in [4.69, 9.17) is 33.7 Å². The van der Waals surface area contributed by atoms with E-state index in [1.807, 2.05) is 0 Å². The van der Waals surface area contributed by atoms with Gasteiger partial charge in [0.25, 0.3) is 5.91 Å². The second-order valence-corrected chi connectivity index (χ2v) is 6.26. The minimum atomic E-state index is -0.547. The van der Waals surface area contributed by atoms with E-state index in [-0.39, 0.29) is 5.91 Å². The monoisotopic (exact) mass is 330 g/mol. The molecule has 0 aliphatic heterocycles. The zero-order valence-electron chi connectivity index (χ0n) is 12.0. The summed E-state index contributed by atoms with van der Waals surface area (Å²) in [6.07, 6.45) is 4.34. The highest BCUT2D eigenvalue weighted by Gasteiger charge is 2.20. The lowest BCUT2D eigenvalue weighted by Crippen LogP contribution is -2.29. The number of nitrogen functional groups attached to an aromatic ring is 1. The van der Waals surface area contributed by atoms with E-state index in [1.54, 1.807) is 19.1 Å². The molecule has 116 valence electrons. The van der Waals surface area contributed by atoms with Crippen LogP contribution in [0.4, 0.5) is 11.4 Å². The molecule has 1 atom stereocenters. The van der Waals surface area contributed by atoms with Gasteiger partial charge < -0.3 is 15.8 Å². The van der Waals surface area contributed by atoms with Crippen molar-refractivity contribution in [3.05, 3.63) is 22.2 Å². The first kappa shape index (κ1) is 16.4. The van der Waals surface area contributed by atoms with Gasteiger partial charge in [-0.25, -0.2) is 0 Å². The first-order valence-electron chi connectivity index (χ1n) is 7.14. The number of nitrogens with one attached hydrogen (secondary N) is 1. The molecule has 1 aliphatic carbocycles. The van der Waals surface area contributed by atoms with Crippen molar-refractivity contribution in [3.8, 4) is 0 Å². The minimum absolute atomic E-state index is 0.266. The van der Waals surface area contributed by atoms with Gasteiger partial charge in [-0.1, -0.05) is 42.5 Å². The molecule has 1 amide bonds. The van der Waals surface area contributed by atoms with Gasteiger partial charge in [0.2, 0.25) is 0 Å². The van der Waals surface area contributed by atoms with Crippen LogP contribution in [-0.2, 0) is 9.53 Å². The Morgan fingerprint density at radius 1 is 1.43 bits per heavy atom. The summed E-state index contributed by atoms with van der Waals surface area (Å²) in [5.41, 5.74) is 6.44. The van der Waals surface area contributed by atoms with Crippen molar-refractivity contribution >= 4 is 40.5 Å².